The summed E-state index contributed by atoms with van der Waals surface area (Å²) in [6.07, 6.45) is 0. The molecule has 0 aliphatic carbocycles. The second kappa shape index (κ2) is 5.59. The van der Waals surface area contributed by atoms with Crippen LogP contribution in [0, 0.1) is 5.82 Å². The Bertz CT molecular complexity index is 658. The van der Waals surface area contributed by atoms with Gasteiger partial charge in [0.05, 0.1) is 4.90 Å². The first-order valence-corrected chi connectivity index (χ1v) is 7.61. The second-order valence-corrected chi connectivity index (χ2v) is 6.12. The van der Waals surface area contributed by atoms with Crippen LogP contribution < -0.4 is 10.0 Å². The molecule has 102 valence electrons. The molecule has 2 aromatic rings. The summed E-state index contributed by atoms with van der Waals surface area (Å²) >= 11 is 1.05. The highest BCUT2D eigenvalue weighted by Gasteiger charge is 2.20. The van der Waals surface area contributed by atoms with Crippen LogP contribution in [0.15, 0.2) is 28.6 Å². The highest BCUT2D eigenvalue weighted by molar-refractivity contribution is 7.93. The summed E-state index contributed by atoms with van der Waals surface area (Å²) in [6.45, 7) is 0.312. The minimum atomic E-state index is -3.88. The van der Waals surface area contributed by atoms with E-state index in [-0.39, 0.29) is 10.0 Å². The number of nitrogens with zero attached hydrogens (tertiary/aromatic N) is 2. The maximum absolute atomic E-state index is 13.3. The molecule has 0 saturated heterocycles. The van der Waals surface area contributed by atoms with Crippen LogP contribution in [0.25, 0.3) is 0 Å². The van der Waals surface area contributed by atoms with Crippen LogP contribution in [0.2, 0.25) is 0 Å². The van der Waals surface area contributed by atoms with Crippen molar-refractivity contribution in [2.24, 2.45) is 0 Å². The Hall–Kier alpha value is -1.58. The largest absolute Gasteiger partial charge is 0.316 e. The van der Waals surface area contributed by atoms with Crippen LogP contribution in [0.5, 0.6) is 0 Å². The maximum atomic E-state index is 13.3. The Morgan fingerprint density at radius 1 is 1.42 bits per heavy atom. The fourth-order valence-corrected chi connectivity index (χ4v) is 3.45. The van der Waals surface area contributed by atoms with E-state index in [9.17, 15) is 12.8 Å². The van der Waals surface area contributed by atoms with Gasteiger partial charge in [-0.25, -0.2) is 12.8 Å². The van der Waals surface area contributed by atoms with E-state index < -0.39 is 15.8 Å². The van der Waals surface area contributed by atoms with Crippen molar-refractivity contribution in [1.82, 2.24) is 15.5 Å². The highest BCUT2D eigenvalue weighted by Crippen LogP contribution is 2.21. The SMILES string of the molecule is CNCc1ccc(F)cc1S(=O)(=O)Nc1nncs1. The van der Waals surface area contributed by atoms with Crippen molar-refractivity contribution in [2.75, 3.05) is 11.8 Å². The molecule has 0 saturated carbocycles. The van der Waals surface area contributed by atoms with E-state index in [4.69, 9.17) is 0 Å². The monoisotopic (exact) mass is 302 g/mol. The average molecular weight is 302 g/mol. The number of nitrogens with one attached hydrogen (secondary N) is 2. The summed E-state index contributed by atoms with van der Waals surface area (Å²) in [5.74, 6) is -0.613. The molecule has 0 fully saturated rings. The van der Waals surface area contributed by atoms with Crippen LogP contribution in [-0.4, -0.2) is 25.7 Å². The van der Waals surface area contributed by atoms with E-state index >= 15 is 0 Å². The number of halogens is 1. The Morgan fingerprint density at radius 2 is 2.21 bits per heavy atom. The number of aromatic nitrogens is 2. The predicted molar refractivity (Wildman–Crippen MR) is 69.9 cm³/mol. The molecule has 6 nitrogen and oxygen atoms in total. The van der Waals surface area contributed by atoms with Gasteiger partial charge < -0.3 is 5.32 Å². The van der Waals surface area contributed by atoms with E-state index in [1.807, 2.05) is 0 Å². The quantitative estimate of drug-likeness (QED) is 0.867. The molecule has 9 heteroatoms. The van der Waals surface area contributed by atoms with Crippen molar-refractivity contribution in [1.29, 1.82) is 0 Å². The first-order chi connectivity index (χ1) is 9.03. The molecule has 1 heterocycles. The van der Waals surface area contributed by atoms with Crippen molar-refractivity contribution < 1.29 is 12.8 Å². The van der Waals surface area contributed by atoms with Gasteiger partial charge in [0.2, 0.25) is 5.13 Å². The fourth-order valence-electron chi connectivity index (χ4n) is 1.50. The third-order valence-corrected chi connectivity index (χ3v) is 4.42. The molecule has 2 rings (SSSR count). The molecular formula is C10H11FN4O2S2. The molecule has 19 heavy (non-hydrogen) atoms. The molecule has 0 radical (unpaired) electrons. The van der Waals surface area contributed by atoms with Crippen LogP contribution in [0.3, 0.4) is 0 Å². The predicted octanol–water partition coefficient (Wildman–Crippen LogP) is 1.20. The van der Waals surface area contributed by atoms with Gasteiger partial charge in [-0.1, -0.05) is 17.4 Å². The Kier molecular flexibility index (Phi) is 4.08. The molecule has 0 amide bonds. The van der Waals surface area contributed by atoms with Gasteiger partial charge in [-0.2, -0.15) is 0 Å². The topological polar surface area (TPSA) is 84.0 Å². The van der Waals surface area contributed by atoms with E-state index in [0.717, 1.165) is 17.4 Å². The van der Waals surface area contributed by atoms with Gasteiger partial charge in [-0.15, -0.1) is 10.2 Å². The van der Waals surface area contributed by atoms with Crippen molar-refractivity contribution in [3.63, 3.8) is 0 Å². The van der Waals surface area contributed by atoms with Crippen LogP contribution in [0.4, 0.5) is 9.52 Å². The van der Waals surface area contributed by atoms with E-state index in [1.54, 1.807) is 7.05 Å². The van der Waals surface area contributed by atoms with Crippen molar-refractivity contribution in [3.8, 4) is 0 Å². The number of hydrogen-bond acceptors (Lipinski definition) is 6. The van der Waals surface area contributed by atoms with Crippen molar-refractivity contribution in [3.05, 3.63) is 35.1 Å². The van der Waals surface area contributed by atoms with Gasteiger partial charge in [-0.05, 0) is 24.7 Å². The van der Waals surface area contributed by atoms with E-state index in [0.29, 0.717) is 12.1 Å². The Labute approximate surface area is 113 Å². The number of hydrogen-bond donors (Lipinski definition) is 2. The molecular weight excluding hydrogens is 291 g/mol. The van der Waals surface area contributed by atoms with Gasteiger partial charge in [0, 0.05) is 6.54 Å². The van der Waals surface area contributed by atoms with E-state index in [1.165, 1.54) is 17.6 Å². The number of sulfonamides is 1. The summed E-state index contributed by atoms with van der Waals surface area (Å²) in [5, 5.41) is 10.1. The lowest BCUT2D eigenvalue weighted by Crippen LogP contribution is -2.17. The fraction of sp³-hybridized carbons (Fsp3) is 0.200. The van der Waals surface area contributed by atoms with Crippen molar-refractivity contribution in [2.45, 2.75) is 11.4 Å². The summed E-state index contributed by atoms with van der Waals surface area (Å²) in [6, 6.07) is 3.63. The first kappa shape index (κ1) is 13.8. The zero-order valence-electron chi connectivity index (χ0n) is 9.92. The minimum absolute atomic E-state index is 0.114. The van der Waals surface area contributed by atoms with Crippen molar-refractivity contribution >= 4 is 26.5 Å². The molecule has 0 aliphatic heterocycles. The first-order valence-electron chi connectivity index (χ1n) is 5.25. The van der Waals surface area contributed by atoms with Crippen LogP contribution in [0.1, 0.15) is 5.56 Å². The lowest BCUT2D eigenvalue weighted by Gasteiger charge is -2.10. The molecule has 0 aliphatic rings. The van der Waals surface area contributed by atoms with E-state index in [2.05, 4.69) is 20.2 Å². The van der Waals surface area contributed by atoms with Crippen LogP contribution >= 0.6 is 11.3 Å². The number of anilines is 1. The molecule has 1 aromatic heterocycles. The van der Waals surface area contributed by atoms with Gasteiger partial charge in [0.1, 0.15) is 11.3 Å². The lowest BCUT2D eigenvalue weighted by atomic mass is 10.2. The molecule has 0 unspecified atom stereocenters. The van der Waals surface area contributed by atoms with Gasteiger partial charge in [-0.3, -0.25) is 4.72 Å². The highest BCUT2D eigenvalue weighted by atomic mass is 32.2. The Morgan fingerprint density at radius 3 is 2.84 bits per heavy atom. The third-order valence-electron chi connectivity index (χ3n) is 2.27. The average Bonchev–Trinajstić information content (AvgIpc) is 2.83. The standard InChI is InChI=1S/C10H11FN4O2S2/c1-12-5-7-2-3-8(11)4-9(7)19(16,17)15-10-14-13-6-18-10/h2-4,6,12H,5H2,1H3,(H,14,15). The molecule has 0 spiro atoms. The summed E-state index contributed by atoms with van der Waals surface area (Å²) < 4.78 is 39.9. The summed E-state index contributed by atoms with van der Waals surface area (Å²) in [7, 11) is -2.20. The number of rotatable bonds is 5. The number of benzene rings is 1. The molecule has 0 atom stereocenters. The zero-order chi connectivity index (χ0) is 13.9. The van der Waals surface area contributed by atoms with Crippen LogP contribution in [-0.2, 0) is 16.6 Å². The van der Waals surface area contributed by atoms with Gasteiger partial charge in [0.15, 0.2) is 0 Å². The maximum Gasteiger partial charge on any atom is 0.264 e. The van der Waals surface area contributed by atoms with Gasteiger partial charge in [0.25, 0.3) is 10.0 Å². The smallest absolute Gasteiger partial charge is 0.264 e. The molecule has 2 N–H and O–H groups in total. The summed E-state index contributed by atoms with van der Waals surface area (Å²) in [5.41, 5.74) is 1.87. The Balaban J connectivity index is 2.41. The normalized spacial score (nSPS) is 11.5. The van der Waals surface area contributed by atoms with Gasteiger partial charge >= 0.3 is 0 Å². The zero-order valence-corrected chi connectivity index (χ0v) is 11.6. The second-order valence-electron chi connectivity index (χ2n) is 3.63. The minimum Gasteiger partial charge on any atom is -0.316 e. The molecule has 0 bridgehead atoms. The molecule has 1 aromatic carbocycles. The third kappa shape index (κ3) is 3.25. The summed E-state index contributed by atoms with van der Waals surface area (Å²) in [4.78, 5) is -0.114. The lowest BCUT2D eigenvalue weighted by molar-refractivity contribution is 0.592.